The van der Waals surface area contributed by atoms with E-state index in [1.54, 1.807) is 19.2 Å². The quantitative estimate of drug-likeness (QED) is 0.792. The second-order valence-corrected chi connectivity index (χ2v) is 5.78. The summed E-state index contributed by atoms with van der Waals surface area (Å²) in [4.78, 5) is 8.66. The van der Waals surface area contributed by atoms with Crippen molar-refractivity contribution in [1.29, 1.82) is 0 Å². The summed E-state index contributed by atoms with van der Waals surface area (Å²) in [6.07, 6.45) is 0. The van der Waals surface area contributed by atoms with E-state index in [0.29, 0.717) is 44.2 Å². The molecule has 0 radical (unpaired) electrons. The van der Waals surface area contributed by atoms with Gasteiger partial charge in [0.15, 0.2) is 17.3 Å². The fourth-order valence-corrected chi connectivity index (χ4v) is 2.47. The Hall–Kier alpha value is -1.38. The Labute approximate surface area is 138 Å². The van der Waals surface area contributed by atoms with Crippen molar-refractivity contribution in [2.24, 2.45) is 0 Å². The molecule has 0 spiro atoms. The first-order valence-electron chi connectivity index (χ1n) is 5.85. The number of nitrogens with zero attached hydrogens (tertiary/aromatic N) is 2. The highest BCUT2D eigenvalue weighted by Crippen LogP contribution is 2.38. The number of phenols is 1. The molecule has 0 unspecified atom stereocenters. The summed E-state index contributed by atoms with van der Waals surface area (Å²) in [6, 6.07) is 3.33. The van der Waals surface area contributed by atoms with E-state index in [1.807, 2.05) is 0 Å². The molecule has 0 amide bonds. The molecule has 2 rings (SSSR count). The lowest BCUT2D eigenvalue weighted by Crippen LogP contribution is -2.04. The van der Waals surface area contributed by atoms with Gasteiger partial charge in [0.1, 0.15) is 5.82 Å². The van der Waals surface area contributed by atoms with Crippen molar-refractivity contribution < 1.29 is 14.6 Å². The summed E-state index contributed by atoms with van der Waals surface area (Å²) in [5, 5.41) is 9.84. The van der Waals surface area contributed by atoms with Gasteiger partial charge < -0.3 is 20.3 Å². The molecule has 3 N–H and O–H groups in total. The van der Waals surface area contributed by atoms with Gasteiger partial charge in [0.25, 0.3) is 0 Å². The van der Waals surface area contributed by atoms with Crippen LogP contribution in [0.15, 0.2) is 21.1 Å². The van der Waals surface area contributed by atoms with Crippen LogP contribution < -0.4 is 10.5 Å². The maximum Gasteiger partial charge on any atom is 0.172 e. The number of hydrogen-bond acceptors (Lipinski definition) is 6. The maximum atomic E-state index is 9.84. The number of aromatic nitrogens is 2. The lowest BCUT2D eigenvalue weighted by Gasteiger charge is -2.11. The lowest BCUT2D eigenvalue weighted by molar-refractivity contribution is 0.181. The van der Waals surface area contributed by atoms with Crippen LogP contribution in [-0.4, -0.2) is 29.3 Å². The average molecular weight is 419 g/mol. The van der Waals surface area contributed by atoms with Gasteiger partial charge in [-0.05, 0) is 44.0 Å². The molecule has 0 aliphatic rings. The zero-order valence-electron chi connectivity index (χ0n) is 11.4. The molecule has 0 fully saturated rings. The molecule has 6 nitrogen and oxygen atoms in total. The van der Waals surface area contributed by atoms with E-state index in [9.17, 15) is 5.11 Å². The van der Waals surface area contributed by atoms with Gasteiger partial charge in [-0.1, -0.05) is 0 Å². The first kappa shape index (κ1) is 16.0. The van der Waals surface area contributed by atoms with Crippen molar-refractivity contribution >= 4 is 37.7 Å². The zero-order valence-corrected chi connectivity index (χ0v) is 14.5. The van der Waals surface area contributed by atoms with Gasteiger partial charge in [-0.3, -0.25) is 0 Å². The fraction of sp³-hybridized carbons (Fsp3) is 0.231. The van der Waals surface area contributed by atoms with Crippen LogP contribution >= 0.6 is 31.9 Å². The Balaban J connectivity index is 2.59. The van der Waals surface area contributed by atoms with Gasteiger partial charge in [0.2, 0.25) is 0 Å². The Bertz CT molecular complexity index is 680. The lowest BCUT2D eigenvalue weighted by atomic mass is 10.2. The normalized spacial score (nSPS) is 10.7. The number of anilines is 1. The van der Waals surface area contributed by atoms with Gasteiger partial charge in [0, 0.05) is 12.7 Å². The van der Waals surface area contributed by atoms with Crippen LogP contribution in [0.3, 0.4) is 0 Å². The molecule has 0 bridgehead atoms. The van der Waals surface area contributed by atoms with Gasteiger partial charge in [-0.2, -0.15) is 0 Å². The summed E-state index contributed by atoms with van der Waals surface area (Å²) in [6.45, 7) is 0.302. The predicted octanol–water partition coefficient (Wildman–Crippen LogP) is 3.11. The number of rotatable bonds is 4. The monoisotopic (exact) mass is 417 g/mol. The number of ether oxygens (including phenoxy) is 2. The first-order valence-corrected chi connectivity index (χ1v) is 7.44. The molecule has 1 aromatic carbocycles. The fourth-order valence-electron chi connectivity index (χ4n) is 1.73. The SMILES string of the molecule is COCc1nc(-c2cc(Br)c(O)c(OC)c2)nc(N)c1Br. The minimum Gasteiger partial charge on any atom is -0.503 e. The summed E-state index contributed by atoms with van der Waals surface area (Å²) >= 11 is 6.60. The zero-order chi connectivity index (χ0) is 15.6. The Morgan fingerprint density at radius 2 is 1.95 bits per heavy atom. The van der Waals surface area contributed by atoms with Crippen molar-refractivity contribution in [3.63, 3.8) is 0 Å². The van der Waals surface area contributed by atoms with E-state index in [1.165, 1.54) is 7.11 Å². The molecule has 1 aromatic heterocycles. The number of aromatic hydroxyl groups is 1. The molecule has 2 aromatic rings. The van der Waals surface area contributed by atoms with E-state index in [0.717, 1.165) is 0 Å². The minimum atomic E-state index is 0.0171. The maximum absolute atomic E-state index is 9.84. The molecule has 8 heteroatoms. The largest absolute Gasteiger partial charge is 0.503 e. The molecular weight excluding hydrogens is 406 g/mol. The van der Waals surface area contributed by atoms with Crippen molar-refractivity contribution in [2.75, 3.05) is 20.0 Å². The number of methoxy groups -OCH3 is 2. The van der Waals surface area contributed by atoms with Gasteiger partial charge in [-0.15, -0.1) is 0 Å². The van der Waals surface area contributed by atoms with Crippen molar-refractivity contribution in [1.82, 2.24) is 9.97 Å². The third-order valence-electron chi connectivity index (χ3n) is 2.73. The van der Waals surface area contributed by atoms with Crippen LogP contribution in [0, 0.1) is 0 Å². The summed E-state index contributed by atoms with van der Waals surface area (Å²) in [5.74, 6) is 1.07. The molecule has 0 saturated carbocycles. The van der Waals surface area contributed by atoms with E-state index in [-0.39, 0.29) is 5.75 Å². The molecule has 0 aliphatic carbocycles. The molecular formula is C13H13Br2N3O3. The second-order valence-electron chi connectivity index (χ2n) is 4.14. The topological polar surface area (TPSA) is 90.5 Å². The van der Waals surface area contributed by atoms with Crippen LogP contribution in [0.1, 0.15) is 5.69 Å². The van der Waals surface area contributed by atoms with Crippen LogP contribution in [-0.2, 0) is 11.3 Å². The molecule has 0 aliphatic heterocycles. The van der Waals surface area contributed by atoms with Crippen LogP contribution in [0.25, 0.3) is 11.4 Å². The molecule has 21 heavy (non-hydrogen) atoms. The first-order chi connectivity index (χ1) is 9.97. The number of hydrogen-bond donors (Lipinski definition) is 2. The molecule has 112 valence electrons. The third kappa shape index (κ3) is 3.28. The highest BCUT2D eigenvalue weighted by Gasteiger charge is 2.15. The molecule has 0 saturated heterocycles. The molecule has 0 atom stereocenters. The minimum absolute atomic E-state index is 0.0171. The summed E-state index contributed by atoms with van der Waals surface area (Å²) in [5.41, 5.74) is 7.18. The number of halogens is 2. The number of benzene rings is 1. The van der Waals surface area contributed by atoms with Crippen LogP contribution in [0.2, 0.25) is 0 Å². The smallest absolute Gasteiger partial charge is 0.172 e. The van der Waals surface area contributed by atoms with Gasteiger partial charge in [-0.25, -0.2) is 9.97 Å². The van der Waals surface area contributed by atoms with Gasteiger partial charge in [0.05, 0.1) is 28.4 Å². The van der Waals surface area contributed by atoms with Crippen LogP contribution in [0.5, 0.6) is 11.5 Å². The van der Waals surface area contributed by atoms with E-state index < -0.39 is 0 Å². The highest BCUT2D eigenvalue weighted by molar-refractivity contribution is 9.11. The van der Waals surface area contributed by atoms with Crippen molar-refractivity contribution in [2.45, 2.75) is 6.61 Å². The predicted molar refractivity (Wildman–Crippen MR) is 86.2 cm³/mol. The number of nitrogen functional groups attached to an aromatic ring is 1. The third-order valence-corrected chi connectivity index (χ3v) is 4.20. The standard InChI is InChI=1S/C13H13Br2N3O3/c1-20-5-8-10(15)12(16)18-13(17-8)6-3-7(14)11(19)9(4-6)21-2/h3-4,19H,5H2,1-2H3,(H2,16,17,18). The van der Waals surface area contributed by atoms with E-state index >= 15 is 0 Å². The Morgan fingerprint density at radius 1 is 1.24 bits per heavy atom. The van der Waals surface area contributed by atoms with Crippen molar-refractivity contribution in [3.05, 3.63) is 26.8 Å². The number of nitrogens with two attached hydrogens (primary N) is 1. The second kappa shape index (κ2) is 6.59. The summed E-state index contributed by atoms with van der Waals surface area (Å²) < 4.78 is 11.3. The van der Waals surface area contributed by atoms with Crippen LogP contribution in [0.4, 0.5) is 5.82 Å². The van der Waals surface area contributed by atoms with Gasteiger partial charge >= 0.3 is 0 Å². The number of phenolic OH excluding ortho intramolecular Hbond substituents is 1. The Kier molecular flexibility index (Phi) is 5.02. The summed E-state index contributed by atoms with van der Waals surface area (Å²) in [7, 11) is 3.04. The average Bonchev–Trinajstić information content (AvgIpc) is 2.46. The van der Waals surface area contributed by atoms with Crippen molar-refractivity contribution in [3.8, 4) is 22.9 Å². The highest BCUT2D eigenvalue weighted by atomic mass is 79.9. The van der Waals surface area contributed by atoms with E-state index in [4.69, 9.17) is 15.2 Å². The van der Waals surface area contributed by atoms with E-state index in [2.05, 4.69) is 41.8 Å². The Morgan fingerprint density at radius 3 is 2.57 bits per heavy atom. The molecule has 1 heterocycles.